The van der Waals surface area contributed by atoms with Gasteiger partial charge in [-0.3, -0.25) is 0 Å². The highest BCUT2D eigenvalue weighted by atomic mass is 16.5. The SMILES string of the molecule is NCCNC1COC1. The van der Waals surface area contributed by atoms with Gasteiger partial charge in [-0.2, -0.15) is 0 Å². The molecule has 1 heterocycles. The van der Waals surface area contributed by atoms with E-state index in [4.69, 9.17) is 10.5 Å². The van der Waals surface area contributed by atoms with Crippen LogP contribution in [0.5, 0.6) is 0 Å². The molecule has 3 heteroatoms. The van der Waals surface area contributed by atoms with Crippen LogP contribution in [0.1, 0.15) is 0 Å². The molecule has 1 rings (SSSR count). The zero-order valence-electron chi connectivity index (χ0n) is 4.89. The first-order chi connectivity index (χ1) is 3.93. The summed E-state index contributed by atoms with van der Waals surface area (Å²) in [6.45, 7) is 3.35. The monoisotopic (exact) mass is 116 g/mol. The Labute approximate surface area is 49.2 Å². The van der Waals surface area contributed by atoms with Crippen molar-refractivity contribution in [2.24, 2.45) is 5.73 Å². The van der Waals surface area contributed by atoms with Gasteiger partial charge in [0.05, 0.1) is 19.3 Å². The van der Waals surface area contributed by atoms with Crippen molar-refractivity contribution in [1.82, 2.24) is 5.32 Å². The first-order valence-electron chi connectivity index (χ1n) is 2.94. The molecule has 48 valence electrons. The van der Waals surface area contributed by atoms with Gasteiger partial charge in [-0.05, 0) is 0 Å². The normalized spacial score (nSPS) is 20.6. The maximum atomic E-state index is 5.25. The number of rotatable bonds is 3. The van der Waals surface area contributed by atoms with Gasteiger partial charge >= 0.3 is 0 Å². The average molecular weight is 116 g/mol. The second-order valence-electron chi connectivity index (χ2n) is 1.98. The van der Waals surface area contributed by atoms with Crippen LogP contribution < -0.4 is 11.1 Å². The van der Waals surface area contributed by atoms with Gasteiger partial charge in [0.25, 0.3) is 0 Å². The van der Waals surface area contributed by atoms with Gasteiger partial charge < -0.3 is 15.8 Å². The van der Waals surface area contributed by atoms with Crippen LogP contribution in [0.4, 0.5) is 0 Å². The minimum atomic E-state index is 0.582. The lowest BCUT2D eigenvalue weighted by Crippen LogP contribution is -2.47. The Hall–Kier alpha value is -0.120. The summed E-state index contributed by atoms with van der Waals surface area (Å²) in [5.41, 5.74) is 5.25. The van der Waals surface area contributed by atoms with E-state index in [1.54, 1.807) is 0 Å². The highest BCUT2D eigenvalue weighted by Gasteiger charge is 2.15. The molecule has 1 fully saturated rings. The first kappa shape index (κ1) is 6.01. The summed E-state index contributed by atoms with van der Waals surface area (Å²) in [4.78, 5) is 0. The Morgan fingerprint density at radius 1 is 1.62 bits per heavy atom. The van der Waals surface area contributed by atoms with Crippen molar-refractivity contribution in [2.45, 2.75) is 6.04 Å². The summed E-state index contributed by atoms with van der Waals surface area (Å²) in [7, 11) is 0. The van der Waals surface area contributed by atoms with E-state index in [0.717, 1.165) is 26.3 Å². The molecule has 0 aromatic carbocycles. The summed E-state index contributed by atoms with van der Waals surface area (Å²) in [6, 6.07) is 0.582. The maximum absolute atomic E-state index is 5.25. The van der Waals surface area contributed by atoms with Crippen LogP contribution in [-0.4, -0.2) is 32.3 Å². The van der Waals surface area contributed by atoms with Crippen molar-refractivity contribution in [3.8, 4) is 0 Å². The van der Waals surface area contributed by atoms with E-state index in [2.05, 4.69) is 5.32 Å². The molecule has 8 heavy (non-hydrogen) atoms. The minimum Gasteiger partial charge on any atom is -0.378 e. The van der Waals surface area contributed by atoms with Gasteiger partial charge in [0.15, 0.2) is 0 Å². The molecular formula is C5H12N2O. The van der Waals surface area contributed by atoms with Crippen molar-refractivity contribution < 1.29 is 4.74 Å². The molecule has 0 radical (unpaired) electrons. The summed E-state index contributed by atoms with van der Waals surface area (Å²) >= 11 is 0. The predicted molar refractivity (Wildman–Crippen MR) is 31.7 cm³/mol. The third kappa shape index (κ3) is 1.43. The molecular weight excluding hydrogens is 104 g/mol. The highest BCUT2D eigenvalue weighted by Crippen LogP contribution is 1.97. The Morgan fingerprint density at radius 3 is 2.75 bits per heavy atom. The molecule has 0 bridgehead atoms. The van der Waals surface area contributed by atoms with Crippen LogP contribution >= 0.6 is 0 Å². The standard InChI is InChI=1S/C5H12N2O/c6-1-2-7-5-3-8-4-5/h5,7H,1-4,6H2. The quantitative estimate of drug-likeness (QED) is 0.494. The molecule has 1 saturated heterocycles. The van der Waals surface area contributed by atoms with Gasteiger partial charge in [-0.1, -0.05) is 0 Å². The van der Waals surface area contributed by atoms with E-state index < -0.39 is 0 Å². The van der Waals surface area contributed by atoms with Gasteiger partial charge in [-0.25, -0.2) is 0 Å². The Morgan fingerprint density at radius 2 is 2.38 bits per heavy atom. The fraction of sp³-hybridized carbons (Fsp3) is 1.00. The van der Waals surface area contributed by atoms with Crippen molar-refractivity contribution in [2.75, 3.05) is 26.3 Å². The first-order valence-corrected chi connectivity index (χ1v) is 2.94. The van der Waals surface area contributed by atoms with E-state index in [9.17, 15) is 0 Å². The predicted octanol–water partition coefficient (Wildman–Crippen LogP) is -1.07. The molecule has 0 saturated carbocycles. The molecule has 1 aliphatic rings. The molecule has 3 N–H and O–H groups in total. The second kappa shape index (κ2) is 3.02. The topological polar surface area (TPSA) is 47.3 Å². The zero-order chi connectivity index (χ0) is 5.82. The maximum Gasteiger partial charge on any atom is 0.0643 e. The fourth-order valence-electron chi connectivity index (χ4n) is 0.641. The van der Waals surface area contributed by atoms with E-state index in [-0.39, 0.29) is 0 Å². The van der Waals surface area contributed by atoms with E-state index in [1.165, 1.54) is 0 Å². The summed E-state index contributed by atoms with van der Waals surface area (Å²) in [5.74, 6) is 0. The summed E-state index contributed by atoms with van der Waals surface area (Å²) < 4.78 is 4.93. The number of nitrogens with two attached hydrogens (primary N) is 1. The second-order valence-corrected chi connectivity index (χ2v) is 1.98. The van der Waals surface area contributed by atoms with Crippen LogP contribution in [0.3, 0.4) is 0 Å². The third-order valence-electron chi connectivity index (χ3n) is 1.22. The smallest absolute Gasteiger partial charge is 0.0643 e. The molecule has 0 amide bonds. The van der Waals surface area contributed by atoms with Crippen LogP contribution in [0.2, 0.25) is 0 Å². The number of nitrogens with one attached hydrogen (secondary N) is 1. The van der Waals surface area contributed by atoms with Gasteiger partial charge in [0, 0.05) is 13.1 Å². The molecule has 0 aromatic heterocycles. The number of ether oxygens (including phenoxy) is 1. The van der Waals surface area contributed by atoms with Crippen LogP contribution in [0, 0.1) is 0 Å². The molecule has 0 aliphatic carbocycles. The van der Waals surface area contributed by atoms with Crippen LogP contribution in [0.25, 0.3) is 0 Å². The molecule has 3 nitrogen and oxygen atoms in total. The van der Waals surface area contributed by atoms with E-state index >= 15 is 0 Å². The number of hydrogen-bond acceptors (Lipinski definition) is 3. The van der Waals surface area contributed by atoms with Crippen molar-refractivity contribution in [3.05, 3.63) is 0 Å². The van der Waals surface area contributed by atoms with Gasteiger partial charge in [0.1, 0.15) is 0 Å². The molecule has 0 spiro atoms. The zero-order valence-corrected chi connectivity index (χ0v) is 4.89. The molecule has 0 aromatic rings. The Balaban J connectivity index is 1.86. The molecule has 0 unspecified atom stereocenters. The minimum absolute atomic E-state index is 0.582. The molecule has 0 atom stereocenters. The van der Waals surface area contributed by atoms with Gasteiger partial charge in [-0.15, -0.1) is 0 Å². The lowest BCUT2D eigenvalue weighted by Gasteiger charge is -2.26. The van der Waals surface area contributed by atoms with Crippen LogP contribution in [-0.2, 0) is 4.74 Å². The van der Waals surface area contributed by atoms with Gasteiger partial charge in [0.2, 0.25) is 0 Å². The number of hydrogen-bond donors (Lipinski definition) is 2. The van der Waals surface area contributed by atoms with Crippen molar-refractivity contribution >= 4 is 0 Å². The summed E-state index contributed by atoms with van der Waals surface area (Å²) in [5, 5.41) is 3.22. The lowest BCUT2D eigenvalue weighted by atomic mass is 10.2. The lowest BCUT2D eigenvalue weighted by molar-refractivity contribution is -0.00443. The van der Waals surface area contributed by atoms with Crippen molar-refractivity contribution in [3.63, 3.8) is 0 Å². The largest absolute Gasteiger partial charge is 0.378 e. The highest BCUT2D eigenvalue weighted by molar-refractivity contribution is 4.72. The third-order valence-corrected chi connectivity index (χ3v) is 1.22. The van der Waals surface area contributed by atoms with E-state index in [0.29, 0.717) is 6.04 Å². The van der Waals surface area contributed by atoms with E-state index in [1.807, 2.05) is 0 Å². The summed E-state index contributed by atoms with van der Waals surface area (Å²) in [6.07, 6.45) is 0. The van der Waals surface area contributed by atoms with Crippen LogP contribution in [0.15, 0.2) is 0 Å². The fourth-order valence-corrected chi connectivity index (χ4v) is 0.641. The Kier molecular flexibility index (Phi) is 2.27. The molecule has 1 aliphatic heterocycles. The Bertz CT molecular complexity index is 63.4. The van der Waals surface area contributed by atoms with Crippen molar-refractivity contribution in [1.29, 1.82) is 0 Å². The average Bonchev–Trinajstić information content (AvgIpc) is 1.63.